The summed E-state index contributed by atoms with van der Waals surface area (Å²) in [4.78, 5) is 3.79. The molecule has 1 atom stereocenters. The smallest absolute Gasteiger partial charge is 0.131 e. The number of nitrogens with two attached hydrogens (primary N) is 1. The van der Waals surface area contributed by atoms with Crippen molar-refractivity contribution >= 4 is 23.2 Å². The van der Waals surface area contributed by atoms with Crippen molar-refractivity contribution in [3.05, 3.63) is 28.0 Å². The molecule has 5 heteroatoms. The van der Waals surface area contributed by atoms with E-state index in [1.54, 1.807) is 12.1 Å². The third-order valence-electron chi connectivity index (χ3n) is 1.65. The van der Waals surface area contributed by atoms with Crippen LogP contribution >= 0.6 is 23.2 Å². The van der Waals surface area contributed by atoms with Gasteiger partial charge in [-0.05, 0) is 24.1 Å². The van der Waals surface area contributed by atoms with Crippen molar-refractivity contribution in [1.82, 2.24) is 4.98 Å². The number of aromatic nitrogens is 1. The Morgan fingerprint density at radius 2 is 1.92 bits per heavy atom. The van der Waals surface area contributed by atoms with Crippen LogP contribution in [0.1, 0.15) is 18.0 Å². The highest BCUT2D eigenvalue weighted by molar-refractivity contribution is 6.32. The maximum atomic E-state index is 8.67. The number of halogens is 2. The summed E-state index contributed by atoms with van der Waals surface area (Å²) in [7, 11) is 0. The molecule has 13 heavy (non-hydrogen) atoms. The van der Waals surface area contributed by atoms with Gasteiger partial charge in [-0.1, -0.05) is 23.2 Å². The molecule has 72 valence electrons. The summed E-state index contributed by atoms with van der Waals surface area (Å²) in [5, 5.41) is 9.31. The highest BCUT2D eigenvalue weighted by Gasteiger charge is 2.07. The standard InChI is InChI=1S/C8H10Cl2N2O/c9-7-3-5(4-8(10)12-7)6(11)1-2-13/h3-4,6,13H,1-2,11H2. The van der Waals surface area contributed by atoms with Crippen LogP contribution in [0.2, 0.25) is 10.3 Å². The summed E-state index contributed by atoms with van der Waals surface area (Å²) in [6.07, 6.45) is 0.483. The monoisotopic (exact) mass is 220 g/mol. The van der Waals surface area contributed by atoms with Crippen LogP contribution in [0.4, 0.5) is 0 Å². The molecule has 0 aliphatic heterocycles. The first-order chi connectivity index (χ1) is 6.13. The fourth-order valence-electron chi connectivity index (χ4n) is 1.00. The van der Waals surface area contributed by atoms with Gasteiger partial charge in [-0.15, -0.1) is 0 Å². The normalized spacial score (nSPS) is 12.9. The van der Waals surface area contributed by atoms with Gasteiger partial charge in [0.25, 0.3) is 0 Å². The molecule has 0 spiro atoms. The van der Waals surface area contributed by atoms with Gasteiger partial charge in [0.2, 0.25) is 0 Å². The van der Waals surface area contributed by atoms with E-state index in [1.807, 2.05) is 0 Å². The lowest BCUT2D eigenvalue weighted by Gasteiger charge is -2.10. The Balaban J connectivity index is 2.87. The van der Waals surface area contributed by atoms with E-state index < -0.39 is 0 Å². The highest BCUT2D eigenvalue weighted by atomic mass is 35.5. The minimum absolute atomic E-state index is 0.0404. The van der Waals surface area contributed by atoms with E-state index in [0.717, 1.165) is 5.56 Å². The lowest BCUT2D eigenvalue weighted by molar-refractivity contribution is 0.276. The highest BCUT2D eigenvalue weighted by Crippen LogP contribution is 2.20. The minimum atomic E-state index is -0.247. The van der Waals surface area contributed by atoms with Gasteiger partial charge < -0.3 is 10.8 Å². The van der Waals surface area contributed by atoms with Crippen molar-refractivity contribution in [1.29, 1.82) is 0 Å². The molecule has 0 saturated heterocycles. The number of nitrogens with zero attached hydrogens (tertiary/aromatic N) is 1. The minimum Gasteiger partial charge on any atom is -0.396 e. The Morgan fingerprint density at radius 3 is 2.38 bits per heavy atom. The maximum absolute atomic E-state index is 8.67. The second kappa shape index (κ2) is 4.77. The second-order valence-corrected chi connectivity index (χ2v) is 3.44. The van der Waals surface area contributed by atoms with Crippen LogP contribution in [0.5, 0.6) is 0 Å². The number of pyridine rings is 1. The van der Waals surface area contributed by atoms with E-state index in [-0.39, 0.29) is 12.6 Å². The number of aliphatic hydroxyl groups excluding tert-OH is 1. The number of hydrogen-bond acceptors (Lipinski definition) is 3. The first-order valence-corrected chi connectivity index (χ1v) is 4.58. The zero-order valence-corrected chi connectivity index (χ0v) is 8.39. The fourth-order valence-corrected chi connectivity index (χ4v) is 1.48. The first-order valence-electron chi connectivity index (χ1n) is 3.83. The van der Waals surface area contributed by atoms with E-state index in [4.69, 9.17) is 34.0 Å². The molecule has 0 fully saturated rings. The quantitative estimate of drug-likeness (QED) is 0.764. The molecule has 1 heterocycles. The summed E-state index contributed by atoms with van der Waals surface area (Å²) in [6, 6.07) is 3.05. The van der Waals surface area contributed by atoms with E-state index in [1.165, 1.54) is 0 Å². The third-order valence-corrected chi connectivity index (χ3v) is 2.04. The average molecular weight is 221 g/mol. The molecule has 1 aromatic rings. The topological polar surface area (TPSA) is 59.1 Å². The summed E-state index contributed by atoms with van der Waals surface area (Å²) in [5.74, 6) is 0. The molecule has 0 saturated carbocycles. The lowest BCUT2D eigenvalue weighted by atomic mass is 10.1. The molecule has 1 aromatic heterocycles. The Bertz CT molecular complexity index is 273. The summed E-state index contributed by atoms with van der Waals surface area (Å²) >= 11 is 11.4. The number of aliphatic hydroxyl groups is 1. The molecule has 1 unspecified atom stereocenters. The van der Waals surface area contributed by atoms with Crippen LogP contribution in [0, 0.1) is 0 Å². The molecular weight excluding hydrogens is 211 g/mol. The zero-order chi connectivity index (χ0) is 9.84. The van der Waals surface area contributed by atoms with E-state index >= 15 is 0 Å². The molecule has 0 amide bonds. The second-order valence-electron chi connectivity index (χ2n) is 2.66. The van der Waals surface area contributed by atoms with Crippen molar-refractivity contribution in [3.8, 4) is 0 Å². The van der Waals surface area contributed by atoms with Crippen LogP contribution in [-0.4, -0.2) is 16.7 Å². The first kappa shape index (κ1) is 10.7. The molecule has 0 aliphatic carbocycles. The van der Waals surface area contributed by atoms with Crippen molar-refractivity contribution in [2.24, 2.45) is 5.73 Å². The molecule has 1 rings (SSSR count). The Labute approximate surface area is 86.5 Å². The number of rotatable bonds is 3. The van der Waals surface area contributed by atoms with E-state index in [2.05, 4.69) is 4.98 Å². The van der Waals surface area contributed by atoms with Gasteiger partial charge in [-0.3, -0.25) is 0 Å². The van der Waals surface area contributed by atoms with Crippen LogP contribution in [0.3, 0.4) is 0 Å². The van der Waals surface area contributed by atoms with E-state index in [0.29, 0.717) is 16.7 Å². The van der Waals surface area contributed by atoms with Gasteiger partial charge >= 0.3 is 0 Å². The summed E-state index contributed by atoms with van der Waals surface area (Å²) in [6.45, 7) is 0.0404. The molecule has 3 nitrogen and oxygen atoms in total. The van der Waals surface area contributed by atoms with Gasteiger partial charge in [0.1, 0.15) is 10.3 Å². The van der Waals surface area contributed by atoms with Crippen molar-refractivity contribution in [2.45, 2.75) is 12.5 Å². The molecule has 0 aromatic carbocycles. The van der Waals surface area contributed by atoms with E-state index in [9.17, 15) is 0 Å². The molecule has 3 N–H and O–H groups in total. The van der Waals surface area contributed by atoms with Crippen LogP contribution in [0.25, 0.3) is 0 Å². The van der Waals surface area contributed by atoms with Gasteiger partial charge in [0.15, 0.2) is 0 Å². The molecule has 0 radical (unpaired) electrons. The van der Waals surface area contributed by atoms with Crippen LogP contribution in [0.15, 0.2) is 12.1 Å². The predicted octanol–water partition coefficient (Wildman–Crippen LogP) is 1.77. The van der Waals surface area contributed by atoms with Crippen LogP contribution < -0.4 is 5.73 Å². The molecular formula is C8H10Cl2N2O. The molecule has 0 bridgehead atoms. The molecule has 0 aliphatic rings. The predicted molar refractivity (Wildman–Crippen MR) is 52.9 cm³/mol. The van der Waals surface area contributed by atoms with Gasteiger partial charge in [0, 0.05) is 12.6 Å². The number of hydrogen-bond donors (Lipinski definition) is 2. The van der Waals surface area contributed by atoms with Crippen molar-refractivity contribution in [2.75, 3.05) is 6.61 Å². The Hall–Kier alpha value is -0.350. The van der Waals surface area contributed by atoms with Gasteiger partial charge in [0.05, 0.1) is 0 Å². The fraction of sp³-hybridized carbons (Fsp3) is 0.375. The van der Waals surface area contributed by atoms with Crippen LogP contribution in [-0.2, 0) is 0 Å². The lowest BCUT2D eigenvalue weighted by Crippen LogP contribution is -2.12. The largest absolute Gasteiger partial charge is 0.396 e. The van der Waals surface area contributed by atoms with Gasteiger partial charge in [-0.2, -0.15) is 0 Å². The zero-order valence-electron chi connectivity index (χ0n) is 6.87. The Kier molecular flexibility index (Phi) is 3.93. The average Bonchev–Trinajstić information content (AvgIpc) is 2.03. The maximum Gasteiger partial charge on any atom is 0.131 e. The van der Waals surface area contributed by atoms with Crippen molar-refractivity contribution < 1.29 is 5.11 Å². The van der Waals surface area contributed by atoms with Crippen molar-refractivity contribution in [3.63, 3.8) is 0 Å². The Morgan fingerprint density at radius 1 is 1.38 bits per heavy atom. The SMILES string of the molecule is NC(CCO)c1cc(Cl)nc(Cl)c1. The summed E-state index contributed by atoms with van der Waals surface area (Å²) < 4.78 is 0. The summed E-state index contributed by atoms with van der Waals surface area (Å²) in [5.41, 5.74) is 6.53. The third kappa shape index (κ3) is 3.12. The van der Waals surface area contributed by atoms with Gasteiger partial charge in [-0.25, -0.2) is 4.98 Å².